The van der Waals surface area contributed by atoms with Crippen molar-refractivity contribution in [2.45, 2.75) is 20.8 Å². The number of aryl methyl sites for hydroxylation is 1. The molecular weight excluding hydrogens is 164 g/mol. The minimum Gasteiger partial charge on any atom is -0.352 e. The Labute approximate surface area is 78.8 Å². The minimum atomic E-state index is 0.0173. The summed E-state index contributed by atoms with van der Waals surface area (Å²) in [4.78, 5) is 11.5. The average Bonchev–Trinajstić information content (AvgIpc) is 2.33. The molecule has 1 heterocycles. The van der Waals surface area contributed by atoms with Crippen molar-refractivity contribution in [1.29, 1.82) is 0 Å². The lowest BCUT2D eigenvalue weighted by Crippen LogP contribution is -2.23. The van der Waals surface area contributed by atoms with E-state index in [2.05, 4.69) is 5.32 Å². The summed E-state index contributed by atoms with van der Waals surface area (Å²) >= 11 is 0. The number of carbonyl (C=O) groups is 1. The Kier molecular flexibility index (Phi) is 2.76. The maximum atomic E-state index is 11.5. The number of hydrogen-bond donors (Lipinski definition) is 1. The molecular formula is C10H16N2O. The molecule has 1 rings (SSSR count). The van der Waals surface area contributed by atoms with E-state index in [1.807, 2.05) is 38.5 Å². The van der Waals surface area contributed by atoms with Crippen molar-refractivity contribution in [3.8, 4) is 0 Å². The normalized spacial score (nSPS) is 10.2. The second-order valence-electron chi connectivity index (χ2n) is 3.20. The maximum absolute atomic E-state index is 11.5. The number of nitrogens with one attached hydrogen (secondary N) is 1. The van der Waals surface area contributed by atoms with Crippen LogP contribution in [0.1, 0.15) is 28.7 Å². The molecule has 1 N–H and O–H groups in total. The SMILES string of the molecule is CCNC(=O)c1cc(C)n(C)c1C. The first-order valence-electron chi connectivity index (χ1n) is 4.49. The van der Waals surface area contributed by atoms with E-state index < -0.39 is 0 Å². The van der Waals surface area contributed by atoms with E-state index in [1.165, 1.54) is 0 Å². The molecule has 3 nitrogen and oxygen atoms in total. The third-order valence-electron chi connectivity index (χ3n) is 2.36. The third kappa shape index (κ3) is 1.74. The van der Waals surface area contributed by atoms with Crippen molar-refractivity contribution in [3.63, 3.8) is 0 Å². The van der Waals surface area contributed by atoms with Gasteiger partial charge in [-0.15, -0.1) is 0 Å². The van der Waals surface area contributed by atoms with Crippen LogP contribution in [-0.2, 0) is 7.05 Å². The minimum absolute atomic E-state index is 0.0173. The number of amides is 1. The molecule has 0 bridgehead atoms. The van der Waals surface area contributed by atoms with E-state index in [1.54, 1.807) is 0 Å². The van der Waals surface area contributed by atoms with Gasteiger partial charge in [0.1, 0.15) is 0 Å². The van der Waals surface area contributed by atoms with Crippen molar-refractivity contribution < 1.29 is 4.79 Å². The summed E-state index contributed by atoms with van der Waals surface area (Å²) in [6.07, 6.45) is 0. The van der Waals surface area contributed by atoms with Gasteiger partial charge in [0.2, 0.25) is 0 Å². The van der Waals surface area contributed by atoms with E-state index in [0.717, 1.165) is 17.0 Å². The Morgan fingerprint density at radius 2 is 2.15 bits per heavy atom. The summed E-state index contributed by atoms with van der Waals surface area (Å²) in [7, 11) is 1.97. The van der Waals surface area contributed by atoms with Gasteiger partial charge in [-0.3, -0.25) is 4.79 Å². The van der Waals surface area contributed by atoms with Crippen LogP contribution in [0.2, 0.25) is 0 Å². The second-order valence-corrected chi connectivity index (χ2v) is 3.20. The first kappa shape index (κ1) is 9.84. The highest BCUT2D eigenvalue weighted by Gasteiger charge is 2.12. The van der Waals surface area contributed by atoms with Gasteiger partial charge in [0.15, 0.2) is 0 Å². The summed E-state index contributed by atoms with van der Waals surface area (Å²) in [5, 5.41) is 2.79. The Hall–Kier alpha value is -1.25. The monoisotopic (exact) mass is 180 g/mol. The Morgan fingerprint density at radius 3 is 2.54 bits per heavy atom. The second kappa shape index (κ2) is 3.64. The maximum Gasteiger partial charge on any atom is 0.253 e. The first-order valence-corrected chi connectivity index (χ1v) is 4.49. The fourth-order valence-corrected chi connectivity index (χ4v) is 1.34. The predicted octanol–water partition coefficient (Wildman–Crippen LogP) is 1.39. The molecule has 0 radical (unpaired) electrons. The Bertz CT molecular complexity index is 326. The van der Waals surface area contributed by atoms with Gasteiger partial charge in [0, 0.05) is 25.0 Å². The number of nitrogens with zero attached hydrogens (tertiary/aromatic N) is 1. The summed E-state index contributed by atoms with van der Waals surface area (Å²) in [5.41, 5.74) is 2.91. The highest BCUT2D eigenvalue weighted by Crippen LogP contribution is 2.12. The molecule has 0 aromatic carbocycles. The molecule has 72 valence electrons. The van der Waals surface area contributed by atoms with Gasteiger partial charge in [-0.05, 0) is 26.8 Å². The first-order chi connectivity index (χ1) is 6.07. The van der Waals surface area contributed by atoms with E-state index in [4.69, 9.17) is 0 Å². The van der Waals surface area contributed by atoms with Gasteiger partial charge in [0.05, 0.1) is 5.56 Å². The van der Waals surface area contributed by atoms with E-state index in [9.17, 15) is 4.79 Å². The molecule has 0 atom stereocenters. The summed E-state index contributed by atoms with van der Waals surface area (Å²) in [6.45, 7) is 6.54. The average molecular weight is 180 g/mol. The van der Waals surface area contributed by atoms with Crippen LogP contribution in [0, 0.1) is 13.8 Å². The Morgan fingerprint density at radius 1 is 1.54 bits per heavy atom. The van der Waals surface area contributed by atoms with Crippen molar-refractivity contribution in [1.82, 2.24) is 9.88 Å². The van der Waals surface area contributed by atoms with Crippen molar-refractivity contribution in [2.75, 3.05) is 6.54 Å². The highest BCUT2D eigenvalue weighted by atomic mass is 16.1. The lowest BCUT2D eigenvalue weighted by Gasteiger charge is -2.02. The van der Waals surface area contributed by atoms with E-state index >= 15 is 0 Å². The largest absolute Gasteiger partial charge is 0.352 e. The molecule has 1 amide bonds. The van der Waals surface area contributed by atoms with Crippen LogP contribution < -0.4 is 5.32 Å². The van der Waals surface area contributed by atoms with Gasteiger partial charge in [-0.25, -0.2) is 0 Å². The van der Waals surface area contributed by atoms with Crippen LogP contribution in [0.25, 0.3) is 0 Å². The molecule has 0 fully saturated rings. The van der Waals surface area contributed by atoms with Crippen LogP contribution in [0.3, 0.4) is 0 Å². The van der Waals surface area contributed by atoms with Crippen LogP contribution in [0.4, 0.5) is 0 Å². The molecule has 0 aliphatic heterocycles. The zero-order chi connectivity index (χ0) is 10.0. The van der Waals surface area contributed by atoms with Crippen molar-refractivity contribution in [3.05, 3.63) is 23.0 Å². The van der Waals surface area contributed by atoms with Crippen LogP contribution >= 0.6 is 0 Å². The van der Waals surface area contributed by atoms with Gasteiger partial charge < -0.3 is 9.88 Å². The predicted molar refractivity (Wildman–Crippen MR) is 52.9 cm³/mol. The number of aromatic nitrogens is 1. The molecule has 0 saturated heterocycles. The number of hydrogen-bond acceptors (Lipinski definition) is 1. The summed E-state index contributed by atoms with van der Waals surface area (Å²) < 4.78 is 2.02. The topological polar surface area (TPSA) is 34.0 Å². The van der Waals surface area contributed by atoms with Crippen LogP contribution in [-0.4, -0.2) is 17.0 Å². The highest BCUT2D eigenvalue weighted by molar-refractivity contribution is 5.95. The van der Waals surface area contributed by atoms with E-state index in [-0.39, 0.29) is 5.91 Å². The van der Waals surface area contributed by atoms with Gasteiger partial charge in [-0.1, -0.05) is 0 Å². The molecule has 0 saturated carbocycles. The standard InChI is InChI=1S/C10H16N2O/c1-5-11-10(13)9-6-7(2)12(4)8(9)3/h6H,5H2,1-4H3,(H,11,13). The molecule has 0 spiro atoms. The third-order valence-corrected chi connectivity index (χ3v) is 2.36. The fraction of sp³-hybridized carbons (Fsp3) is 0.500. The molecule has 0 unspecified atom stereocenters. The van der Waals surface area contributed by atoms with E-state index in [0.29, 0.717) is 6.54 Å². The van der Waals surface area contributed by atoms with Gasteiger partial charge in [-0.2, -0.15) is 0 Å². The molecule has 0 aliphatic rings. The van der Waals surface area contributed by atoms with Gasteiger partial charge in [0.25, 0.3) is 5.91 Å². The zero-order valence-corrected chi connectivity index (χ0v) is 8.64. The van der Waals surface area contributed by atoms with Crippen LogP contribution in [0.5, 0.6) is 0 Å². The van der Waals surface area contributed by atoms with Crippen LogP contribution in [0.15, 0.2) is 6.07 Å². The quantitative estimate of drug-likeness (QED) is 0.733. The van der Waals surface area contributed by atoms with Gasteiger partial charge >= 0.3 is 0 Å². The number of carbonyl (C=O) groups excluding carboxylic acids is 1. The summed E-state index contributed by atoms with van der Waals surface area (Å²) in [5.74, 6) is 0.0173. The van der Waals surface area contributed by atoms with Crippen molar-refractivity contribution in [2.24, 2.45) is 7.05 Å². The Balaban J connectivity index is 3.01. The smallest absolute Gasteiger partial charge is 0.253 e. The van der Waals surface area contributed by atoms with Crippen molar-refractivity contribution >= 4 is 5.91 Å². The molecule has 13 heavy (non-hydrogen) atoms. The molecule has 1 aromatic heterocycles. The molecule has 1 aromatic rings. The number of rotatable bonds is 2. The zero-order valence-electron chi connectivity index (χ0n) is 8.64. The molecule has 0 aliphatic carbocycles. The summed E-state index contributed by atoms with van der Waals surface area (Å²) in [6, 6.07) is 1.92. The lowest BCUT2D eigenvalue weighted by molar-refractivity contribution is 0.0955. The fourth-order valence-electron chi connectivity index (χ4n) is 1.34. The molecule has 3 heteroatoms. The lowest BCUT2D eigenvalue weighted by atomic mass is 10.2.